The van der Waals surface area contributed by atoms with Gasteiger partial charge in [0.25, 0.3) is 0 Å². The van der Waals surface area contributed by atoms with E-state index in [0.29, 0.717) is 11.3 Å². The van der Waals surface area contributed by atoms with Crippen LogP contribution in [0, 0.1) is 0 Å². The second-order valence-electron chi connectivity index (χ2n) is 5.00. The van der Waals surface area contributed by atoms with E-state index in [0.717, 1.165) is 5.39 Å². The fourth-order valence-electron chi connectivity index (χ4n) is 2.70. The van der Waals surface area contributed by atoms with Crippen molar-refractivity contribution in [3.8, 4) is 0 Å². The molecule has 1 saturated heterocycles. The van der Waals surface area contributed by atoms with E-state index in [1.54, 1.807) is 33.9 Å². The Balaban J connectivity index is 1.84. The summed E-state index contributed by atoms with van der Waals surface area (Å²) in [5, 5.41) is 37.7. The third kappa shape index (κ3) is 1.69. The first-order chi connectivity index (χ1) is 10.2. The van der Waals surface area contributed by atoms with Gasteiger partial charge in [0, 0.05) is 6.20 Å². The molecule has 0 amide bonds. The summed E-state index contributed by atoms with van der Waals surface area (Å²) >= 11 is 0. The number of aliphatic hydroxyl groups excluding tert-OH is 3. The number of hydrogen-bond acceptors (Lipinski definition) is 7. The topological polar surface area (TPSA) is 118 Å². The zero-order chi connectivity index (χ0) is 14.6. The summed E-state index contributed by atoms with van der Waals surface area (Å²) in [6.07, 6.45) is 0.892. The van der Waals surface area contributed by atoms with Crippen molar-refractivity contribution in [2.45, 2.75) is 24.5 Å². The Hall–Kier alpha value is -2.07. The van der Waals surface area contributed by atoms with Crippen molar-refractivity contribution in [2.24, 2.45) is 0 Å². The van der Waals surface area contributed by atoms with Gasteiger partial charge in [-0.25, -0.2) is 4.98 Å². The number of fused-ring (bicyclic) bond motifs is 3. The third-order valence-electron chi connectivity index (χ3n) is 3.80. The van der Waals surface area contributed by atoms with Crippen LogP contribution >= 0.6 is 0 Å². The van der Waals surface area contributed by atoms with Gasteiger partial charge in [-0.05, 0) is 6.07 Å². The van der Waals surface area contributed by atoms with E-state index in [4.69, 9.17) is 9.84 Å². The molecule has 0 saturated carbocycles. The highest BCUT2D eigenvalue weighted by molar-refractivity contribution is 5.89. The maximum absolute atomic E-state index is 10.1. The summed E-state index contributed by atoms with van der Waals surface area (Å²) in [7, 11) is 0. The van der Waals surface area contributed by atoms with Crippen LogP contribution in [0.1, 0.15) is 6.23 Å². The van der Waals surface area contributed by atoms with Gasteiger partial charge >= 0.3 is 0 Å². The monoisotopic (exact) mass is 291 g/mol. The van der Waals surface area contributed by atoms with Gasteiger partial charge in [-0.3, -0.25) is 4.40 Å². The average molecular weight is 291 g/mol. The standard InChI is InChI=1S/C12H13N5O4/c18-3-7-8(19)9(20)12(21-7)17-2-1-6-10(17)13-4-16-5-14-15-11(6)16/h1-2,4-5,7-9,12,18-20H,3H2. The Morgan fingerprint density at radius 3 is 2.81 bits per heavy atom. The van der Waals surface area contributed by atoms with Crippen molar-refractivity contribution in [3.05, 3.63) is 24.9 Å². The van der Waals surface area contributed by atoms with Gasteiger partial charge in [-0.2, -0.15) is 0 Å². The first-order valence-electron chi connectivity index (χ1n) is 6.48. The second-order valence-corrected chi connectivity index (χ2v) is 5.00. The van der Waals surface area contributed by atoms with Crippen molar-refractivity contribution in [1.29, 1.82) is 0 Å². The molecule has 1 aliphatic heterocycles. The Kier molecular flexibility index (Phi) is 2.69. The minimum absolute atomic E-state index is 0.365. The van der Waals surface area contributed by atoms with Crippen LogP contribution < -0.4 is 0 Å². The van der Waals surface area contributed by atoms with Crippen LogP contribution in [-0.2, 0) is 4.74 Å². The molecule has 21 heavy (non-hydrogen) atoms. The largest absolute Gasteiger partial charge is 0.394 e. The fraction of sp³-hybridized carbons (Fsp3) is 0.417. The molecule has 0 aromatic carbocycles. The van der Waals surface area contributed by atoms with E-state index in [-0.39, 0.29) is 6.61 Å². The molecule has 0 aliphatic carbocycles. The van der Waals surface area contributed by atoms with Crippen LogP contribution in [0.5, 0.6) is 0 Å². The quantitative estimate of drug-likeness (QED) is 0.536. The molecule has 4 atom stereocenters. The maximum Gasteiger partial charge on any atom is 0.172 e. The third-order valence-corrected chi connectivity index (χ3v) is 3.80. The number of rotatable bonds is 2. The second kappa shape index (κ2) is 4.46. The van der Waals surface area contributed by atoms with Crippen molar-refractivity contribution in [2.75, 3.05) is 6.61 Å². The van der Waals surface area contributed by atoms with Gasteiger partial charge in [0.05, 0.1) is 12.0 Å². The Labute approximate surface area is 118 Å². The van der Waals surface area contributed by atoms with Crippen LogP contribution in [0.3, 0.4) is 0 Å². The van der Waals surface area contributed by atoms with E-state index >= 15 is 0 Å². The smallest absolute Gasteiger partial charge is 0.172 e. The molecule has 4 rings (SSSR count). The van der Waals surface area contributed by atoms with Crippen LogP contribution in [0.4, 0.5) is 0 Å². The number of hydrogen-bond donors (Lipinski definition) is 3. The first kappa shape index (κ1) is 12.7. The zero-order valence-electron chi connectivity index (χ0n) is 10.8. The molecule has 3 aromatic rings. The van der Waals surface area contributed by atoms with E-state index in [9.17, 15) is 10.2 Å². The number of ether oxygens (including phenoxy) is 1. The van der Waals surface area contributed by atoms with Crippen LogP contribution in [-0.4, -0.2) is 64.4 Å². The van der Waals surface area contributed by atoms with Gasteiger partial charge in [0.15, 0.2) is 11.9 Å². The van der Waals surface area contributed by atoms with Crippen molar-refractivity contribution in [3.63, 3.8) is 0 Å². The van der Waals surface area contributed by atoms with Crippen molar-refractivity contribution >= 4 is 16.7 Å². The Bertz CT molecular complexity index is 799. The van der Waals surface area contributed by atoms with Crippen molar-refractivity contribution in [1.82, 2.24) is 24.1 Å². The molecule has 0 bridgehead atoms. The fourth-order valence-corrected chi connectivity index (χ4v) is 2.70. The lowest BCUT2D eigenvalue weighted by Gasteiger charge is -2.17. The Morgan fingerprint density at radius 2 is 2.05 bits per heavy atom. The summed E-state index contributed by atoms with van der Waals surface area (Å²) in [5.41, 5.74) is 1.20. The van der Waals surface area contributed by atoms with Crippen LogP contribution in [0.2, 0.25) is 0 Å². The molecule has 110 valence electrons. The van der Waals surface area contributed by atoms with Gasteiger partial charge in [0.2, 0.25) is 0 Å². The molecule has 4 unspecified atom stereocenters. The summed E-state index contributed by atoms with van der Waals surface area (Å²) < 4.78 is 8.81. The van der Waals surface area contributed by atoms with Gasteiger partial charge in [-0.15, -0.1) is 10.2 Å². The predicted molar refractivity (Wildman–Crippen MR) is 69.3 cm³/mol. The highest BCUT2D eigenvalue weighted by atomic mass is 16.6. The maximum atomic E-state index is 10.1. The molecular weight excluding hydrogens is 278 g/mol. The van der Waals surface area contributed by atoms with Crippen LogP contribution in [0.15, 0.2) is 24.9 Å². The lowest BCUT2D eigenvalue weighted by atomic mass is 10.1. The van der Waals surface area contributed by atoms with E-state index in [2.05, 4.69) is 15.2 Å². The summed E-state index contributed by atoms with van der Waals surface area (Å²) in [6.45, 7) is -0.365. The molecule has 9 heteroatoms. The van der Waals surface area contributed by atoms with E-state index < -0.39 is 24.5 Å². The highest BCUT2D eigenvalue weighted by Gasteiger charge is 2.43. The zero-order valence-corrected chi connectivity index (χ0v) is 10.8. The van der Waals surface area contributed by atoms with Gasteiger partial charge < -0.3 is 24.6 Å². The first-order valence-corrected chi connectivity index (χ1v) is 6.48. The molecule has 9 nitrogen and oxygen atoms in total. The van der Waals surface area contributed by atoms with Gasteiger partial charge in [-0.1, -0.05) is 0 Å². The summed E-state index contributed by atoms with van der Waals surface area (Å²) in [5.74, 6) is 0. The lowest BCUT2D eigenvalue weighted by Crippen LogP contribution is -2.33. The molecule has 1 aliphatic rings. The SMILES string of the molecule is OCC1OC(n2ccc3c2ncn2cnnc32)C(O)C1O. The molecule has 3 aromatic heterocycles. The average Bonchev–Trinajstić information content (AvgIpc) is 3.17. The molecule has 1 fully saturated rings. The minimum Gasteiger partial charge on any atom is -0.394 e. The van der Waals surface area contributed by atoms with E-state index in [1.807, 2.05) is 0 Å². The van der Waals surface area contributed by atoms with Gasteiger partial charge in [0.1, 0.15) is 36.6 Å². The number of aromatic nitrogens is 5. The number of aliphatic hydroxyl groups is 3. The molecule has 3 N–H and O–H groups in total. The van der Waals surface area contributed by atoms with Crippen LogP contribution in [0.25, 0.3) is 16.7 Å². The number of nitrogens with zero attached hydrogens (tertiary/aromatic N) is 5. The lowest BCUT2D eigenvalue weighted by molar-refractivity contribution is -0.0508. The van der Waals surface area contributed by atoms with E-state index in [1.165, 1.54) is 0 Å². The summed E-state index contributed by atoms with van der Waals surface area (Å²) in [6, 6.07) is 1.79. The molecule has 0 radical (unpaired) electrons. The molecule has 4 heterocycles. The van der Waals surface area contributed by atoms with Crippen molar-refractivity contribution < 1.29 is 20.1 Å². The summed E-state index contributed by atoms with van der Waals surface area (Å²) in [4.78, 5) is 4.31. The predicted octanol–water partition coefficient (Wildman–Crippen LogP) is -1.31. The molecular formula is C12H13N5O4. The minimum atomic E-state index is -1.14. The molecule has 0 spiro atoms. The Morgan fingerprint density at radius 1 is 1.19 bits per heavy atom. The highest BCUT2D eigenvalue weighted by Crippen LogP contribution is 2.32. The normalized spacial score (nSPS) is 29.7.